The Bertz CT molecular complexity index is 957. The summed E-state index contributed by atoms with van der Waals surface area (Å²) >= 11 is 12.3. The number of aryl methyl sites for hydroxylation is 1. The van der Waals surface area contributed by atoms with Crippen LogP contribution in [0.5, 0.6) is 0 Å². The number of carbonyl (C=O) groups excluding carboxylic acids is 1. The topological polar surface area (TPSA) is 88.8 Å². The molecule has 0 saturated carbocycles. The molecule has 158 valence electrons. The molecule has 1 aliphatic heterocycles. The van der Waals surface area contributed by atoms with Gasteiger partial charge in [0.05, 0.1) is 35.1 Å². The van der Waals surface area contributed by atoms with Gasteiger partial charge in [0.25, 0.3) is 5.91 Å². The van der Waals surface area contributed by atoms with Crippen molar-refractivity contribution in [1.82, 2.24) is 9.62 Å². The summed E-state index contributed by atoms with van der Waals surface area (Å²) in [5.41, 5.74) is 0.0627. The summed E-state index contributed by atoms with van der Waals surface area (Å²) in [5, 5.41) is 2.91. The number of furan rings is 1. The molecule has 7 nitrogen and oxygen atoms in total. The first-order valence-electron chi connectivity index (χ1n) is 9.19. The Kier molecular flexibility index (Phi) is 7.23. The van der Waals surface area contributed by atoms with Gasteiger partial charge >= 0.3 is 0 Å². The highest BCUT2D eigenvalue weighted by atomic mass is 35.5. The number of hydrogen-bond acceptors (Lipinski definition) is 5. The van der Waals surface area contributed by atoms with Gasteiger partial charge in [0.2, 0.25) is 10.0 Å². The van der Waals surface area contributed by atoms with Crippen LogP contribution in [-0.2, 0) is 21.2 Å². The highest BCUT2D eigenvalue weighted by Gasteiger charge is 2.30. The van der Waals surface area contributed by atoms with Gasteiger partial charge in [-0.25, -0.2) is 8.42 Å². The number of ether oxygens (including phenoxy) is 1. The summed E-state index contributed by atoms with van der Waals surface area (Å²) in [6.45, 7) is 2.94. The zero-order valence-corrected chi connectivity index (χ0v) is 18.2. The SMILES string of the molecule is CC(CCc1ccco1)NC(=O)c1cc(S(=O)(=O)N2CCOCC2)c(Cl)cc1Cl. The predicted molar refractivity (Wildman–Crippen MR) is 110 cm³/mol. The minimum atomic E-state index is -3.86. The lowest BCUT2D eigenvalue weighted by Gasteiger charge is -2.26. The monoisotopic (exact) mass is 460 g/mol. The molecule has 1 saturated heterocycles. The Morgan fingerprint density at radius 3 is 2.62 bits per heavy atom. The van der Waals surface area contributed by atoms with E-state index < -0.39 is 15.9 Å². The van der Waals surface area contributed by atoms with Gasteiger partial charge in [-0.1, -0.05) is 23.2 Å². The Balaban J connectivity index is 1.76. The van der Waals surface area contributed by atoms with Crippen LogP contribution in [0.25, 0.3) is 0 Å². The summed E-state index contributed by atoms with van der Waals surface area (Å²) in [5.74, 6) is 0.367. The van der Waals surface area contributed by atoms with E-state index in [9.17, 15) is 13.2 Å². The van der Waals surface area contributed by atoms with Gasteiger partial charge < -0.3 is 14.5 Å². The molecule has 1 atom stereocenters. The van der Waals surface area contributed by atoms with Crippen LogP contribution in [0.2, 0.25) is 10.0 Å². The fourth-order valence-electron chi connectivity index (χ4n) is 3.01. The normalized spacial score (nSPS) is 16.5. The molecule has 1 aliphatic rings. The van der Waals surface area contributed by atoms with Crippen LogP contribution >= 0.6 is 23.2 Å². The van der Waals surface area contributed by atoms with E-state index in [4.69, 9.17) is 32.4 Å². The Hall–Kier alpha value is -1.58. The molecule has 1 aromatic heterocycles. The average molecular weight is 461 g/mol. The highest BCUT2D eigenvalue weighted by Crippen LogP contribution is 2.31. The first-order chi connectivity index (χ1) is 13.8. The molecule has 0 radical (unpaired) electrons. The third kappa shape index (κ3) is 5.32. The van der Waals surface area contributed by atoms with E-state index in [2.05, 4.69) is 5.32 Å². The molecule has 1 unspecified atom stereocenters. The fraction of sp³-hybridized carbons (Fsp3) is 0.421. The van der Waals surface area contributed by atoms with Gasteiger partial charge in [0.15, 0.2) is 0 Å². The van der Waals surface area contributed by atoms with Crippen molar-refractivity contribution in [2.24, 2.45) is 0 Å². The van der Waals surface area contributed by atoms with Crippen LogP contribution in [0, 0.1) is 0 Å². The van der Waals surface area contributed by atoms with Crippen LogP contribution in [0.3, 0.4) is 0 Å². The number of hydrogen-bond donors (Lipinski definition) is 1. The van der Waals surface area contributed by atoms with Crippen molar-refractivity contribution in [3.63, 3.8) is 0 Å². The van der Waals surface area contributed by atoms with E-state index in [1.807, 2.05) is 19.1 Å². The lowest BCUT2D eigenvalue weighted by Crippen LogP contribution is -2.40. The van der Waals surface area contributed by atoms with Crippen molar-refractivity contribution in [1.29, 1.82) is 0 Å². The van der Waals surface area contributed by atoms with Crippen LogP contribution in [-0.4, -0.2) is 51.0 Å². The number of carbonyl (C=O) groups is 1. The number of morpholine rings is 1. The highest BCUT2D eigenvalue weighted by molar-refractivity contribution is 7.89. The lowest BCUT2D eigenvalue weighted by molar-refractivity contribution is 0.0730. The van der Waals surface area contributed by atoms with Gasteiger partial charge in [0.1, 0.15) is 10.7 Å². The third-order valence-corrected chi connectivity index (χ3v) is 7.31. The molecule has 3 rings (SSSR count). The molecule has 0 spiro atoms. The maximum Gasteiger partial charge on any atom is 0.253 e. The maximum absolute atomic E-state index is 13.0. The van der Waals surface area contributed by atoms with Gasteiger partial charge in [-0.05, 0) is 37.6 Å². The minimum Gasteiger partial charge on any atom is -0.469 e. The van der Waals surface area contributed by atoms with Gasteiger partial charge in [-0.15, -0.1) is 0 Å². The van der Waals surface area contributed by atoms with Gasteiger partial charge in [0, 0.05) is 25.6 Å². The molecular formula is C19H22Cl2N2O5S. The predicted octanol–water partition coefficient (Wildman–Crippen LogP) is 3.36. The molecule has 1 fully saturated rings. The summed E-state index contributed by atoms with van der Waals surface area (Å²) in [4.78, 5) is 12.6. The lowest BCUT2D eigenvalue weighted by atomic mass is 10.1. The number of benzene rings is 1. The van der Waals surface area contributed by atoms with Gasteiger partial charge in [-0.3, -0.25) is 4.79 Å². The van der Waals surface area contributed by atoms with Crippen molar-refractivity contribution in [2.75, 3.05) is 26.3 Å². The smallest absolute Gasteiger partial charge is 0.253 e. The van der Waals surface area contributed by atoms with Crippen molar-refractivity contribution in [3.8, 4) is 0 Å². The summed E-state index contributed by atoms with van der Waals surface area (Å²) < 4.78 is 37.7. The fourth-order valence-corrected chi connectivity index (χ4v) is 5.26. The molecule has 1 N–H and O–H groups in total. The molecule has 2 heterocycles. The molecule has 0 aliphatic carbocycles. The molecule has 0 bridgehead atoms. The van der Waals surface area contributed by atoms with Crippen LogP contribution in [0.4, 0.5) is 0 Å². The Morgan fingerprint density at radius 1 is 1.24 bits per heavy atom. The number of nitrogens with zero attached hydrogens (tertiary/aromatic N) is 1. The van der Waals surface area contributed by atoms with Crippen molar-refractivity contribution in [3.05, 3.63) is 51.9 Å². The number of nitrogens with one attached hydrogen (secondary N) is 1. The van der Waals surface area contributed by atoms with Gasteiger partial charge in [-0.2, -0.15) is 4.31 Å². The van der Waals surface area contributed by atoms with Crippen molar-refractivity contribution < 1.29 is 22.4 Å². The second-order valence-electron chi connectivity index (χ2n) is 6.77. The molecule has 10 heteroatoms. The van der Waals surface area contributed by atoms with E-state index in [1.165, 1.54) is 16.4 Å². The Labute approximate surface area is 180 Å². The molecule has 1 aromatic carbocycles. The van der Waals surface area contributed by atoms with E-state index >= 15 is 0 Å². The van der Waals surface area contributed by atoms with E-state index in [0.717, 1.165) is 5.76 Å². The van der Waals surface area contributed by atoms with E-state index in [-0.39, 0.29) is 39.6 Å². The molecular weight excluding hydrogens is 439 g/mol. The number of sulfonamides is 1. The largest absolute Gasteiger partial charge is 0.469 e. The summed E-state index contributed by atoms with van der Waals surface area (Å²) in [6.07, 6.45) is 2.92. The first kappa shape index (κ1) is 22.1. The molecule has 2 aromatic rings. The third-order valence-electron chi connectivity index (χ3n) is 4.64. The zero-order valence-electron chi connectivity index (χ0n) is 15.9. The van der Waals surface area contributed by atoms with Crippen LogP contribution in [0.1, 0.15) is 29.5 Å². The Morgan fingerprint density at radius 2 is 1.97 bits per heavy atom. The number of amides is 1. The van der Waals surface area contributed by atoms with Crippen molar-refractivity contribution in [2.45, 2.75) is 30.7 Å². The number of rotatable bonds is 7. The second-order valence-corrected chi connectivity index (χ2v) is 9.49. The quantitative estimate of drug-likeness (QED) is 0.683. The maximum atomic E-state index is 13.0. The summed E-state index contributed by atoms with van der Waals surface area (Å²) in [6, 6.07) is 6.04. The van der Waals surface area contributed by atoms with E-state index in [0.29, 0.717) is 26.1 Å². The standard InChI is InChI=1S/C19H22Cl2N2O5S/c1-13(4-5-14-3-2-8-28-14)22-19(24)15-11-18(17(21)12-16(15)20)29(25,26)23-6-9-27-10-7-23/h2-3,8,11-13H,4-7,9-10H2,1H3,(H,22,24). The molecule has 1 amide bonds. The van der Waals surface area contributed by atoms with E-state index in [1.54, 1.807) is 6.26 Å². The second kappa shape index (κ2) is 9.49. The average Bonchev–Trinajstić information content (AvgIpc) is 3.20. The minimum absolute atomic E-state index is 0.0242. The summed E-state index contributed by atoms with van der Waals surface area (Å²) in [7, 11) is -3.86. The number of halogens is 2. The molecule has 29 heavy (non-hydrogen) atoms. The van der Waals surface area contributed by atoms with Crippen molar-refractivity contribution >= 4 is 39.1 Å². The van der Waals surface area contributed by atoms with Crippen LogP contribution < -0.4 is 5.32 Å². The van der Waals surface area contributed by atoms with Crippen LogP contribution in [0.15, 0.2) is 39.8 Å². The zero-order chi connectivity index (χ0) is 21.0. The first-order valence-corrected chi connectivity index (χ1v) is 11.4.